The summed E-state index contributed by atoms with van der Waals surface area (Å²) in [5.74, 6) is -0.511. The molecule has 1 aliphatic carbocycles. The molecule has 0 atom stereocenters. The highest BCUT2D eigenvalue weighted by atomic mass is 19.3. The number of alkyl halides is 2. The predicted octanol–water partition coefficient (Wildman–Crippen LogP) is 4.76. The minimum Gasteiger partial charge on any atom is -0.465 e. The molecule has 0 N–H and O–H groups in total. The fourth-order valence-electron chi connectivity index (χ4n) is 2.97. The molecule has 0 amide bonds. The van der Waals surface area contributed by atoms with Gasteiger partial charge in [-0.3, -0.25) is 4.79 Å². The van der Waals surface area contributed by atoms with Crippen LogP contribution in [0, 0.1) is 0 Å². The topological polar surface area (TPSA) is 52.6 Å². The number of methoxy groups -OCH3 is 1. The van der Waals surface area contributed by atoms with Gasteiger partial charge in [0.1, 0.15) is 5.75 Å². The van der Waals surface area contributed by atoms with E-state index in [-0.39, 0.29) is 17.5 Å². The summed E-state index contributed by atoms with van der Waals surface area (Å²) in [5, 5.41) is 0. The van der Waals surface area contributed by atoms with Crippen molar-refractivity contribution in [1.82, 2.24) is 0 Å². The Kier molecular flexibility index (Phi) is 5.99. The first kappa shape index (κ1) is 19.5. The zero-order chi connectivity index (χ0) is 20.1. The van der Waals surface area contributed by atoms with Crippen molar-refractivity contribution in [2.24, 2.45) is 0 Å². The average molecular weight is 384 g/mol. The lowest BCUT2D eigenvalue weighted by molar-refractivity contribution is -0.0498. The van der Waals surface area contributed by atoms with Gasteiger partial charge in [0.2, 0.25) is 0 Å². The van der Waals surface area contributed by atoms with E-state index in [4.69, 9.17) is 0 Å². The molecule has 28 heavy (non-hydrogen) atoms. The highest BCUT2D eigenvalue weighted by Gasteiger charge is 2.18. The number of hydrogen-bond donors (Lipinski definition) is 0. The van der Waals surface area contributed by atoms with E-state index in [2.05, 4.69) is 9.47 Å². The van der Waals surface area contributed by atoms with Crippen LogP contribution in [0.5, 0.6) is 5.75 Å². The minimum atomic E-state index is -2.90. The van der Waals surface area contributed by atoms with Gasteiger partial charge in [-0.25, -0.2) is 4.79 Å². The number of rotatable bonds is 7. The summed E-state index contributed by atoms with van der Waals surface area (Å²) in [6.07, 6.45) is 4.88. The van der Waals surface area contributed by atoms with Gasteiger partial charge in [-0.15, -0.1) is 0 Å². The Labute approximate surface area is 161 Å². The van der Waals surface area contributed by atoms with Crippen LogP contribution in [0.3, 0.4) is 0 Å². The number of ether oxygens (including phenoxy) is 2. The van der Waals surface area contributed by atoms with Crippen molar-refractivity contribution in [3.8, 4) is 5.75 Å². The summed E-state index contributed by atoms with van der Waals surface area (Å²) in [5.41, 5.74) is 3.65. The van der Waals surface area contributed by atoms with E-state index in [0.717, 1.165) is 11.1 Å². The molecule has 6 heteroatoms. The molecule has 2 aromatic carbocycles. The molecule has 0 spiro atoms. The van der Waals surface area contributed by atoms with Crippen LogP contribution in [0.2, 0.25) is 0 Å². The van der Waals surface area contributed by atoms with Crippen molar-refractivity contribution in [3.63, 3.8) is 0 Å². The molecule has 0 radical (unpaired) electrons. The SMILES string of the molecule is COC(=O)c1ccc(CC2=CC=C(C(=O)c3ccc(OC(F)F)cc3)C2)cc1. The number of Topliss-reactive ketones (excluding diaryl/α,β-unsaturated/α-hetero) is 1. The molecule has 0 fully saturated rings. The molecular formula is C22H18F2O4. The van der Waals surface area contributed by atoms with E-state index >= 15 is 0 Å². The van der Waals surface area contributed by atoms with Gasteiger partial charge in [0.15, 0.2) is 5.78 Å². The fraction of sp³-hybridized carbons (Fsp3) is 0.182. The first-order chi connectivity index (χ1) is 13.5. The van der Waals surface area contributed by atoms with Crippen LogP contribution in [0.1, 0.15) is 32.7 Å². The highest BCUT2D eigenvalue weighted by molar-refractivity contribution is 6.09. The average Bonchev–Trinajstić information content (AvgIpc) is 3.16. The lowest BCUT2D eigenvalue weighted by Gasteiger charge is -2.08. The number of carbonyl (C=O) groups is 2. The predicted molar refractivity (Wildman–Crippen MR) is 99.7 cm³/mol. The third kappa shape index (κ3) is 4.71. The van der Waals surface area contributed by atoms with Crippen LogP contribution in [0.15, 0.2) is 71.8 Å². The van der Waals surface area contributed by atoms with Gasteiger partial charge in [-0.05, 0) is 54.8 Å². The standard InChI is InChI=1S/C22H18F2O4/c1-27-21(26)17-5-2-14(3-6-17)12-15-4-7-18(13-15)20(25)16-8-10-19(11-9-16)28-22(23)24/h2-11,22H,12-13H2,1H3. The number of carbonyl (C=O) groups excluding carboxylic acids is 2. The van der Waals surface area contributed by atoms with Crippen molar-refractivity contribution in [3.05, 3.63) is 88.5 Å². The largest absolute Gasteiger partial charge is 0.465 e. The maximum absolute atomic E-state index is 12.6. The number of ketones is 1. The zero-order valence-electron chi connectivity index (χ0n) is 15.2. The number of allylic oxidation sites excluding steroid dienone is 4. The number of hydrogen-bond acceptors (Lipinski definition) is 4. The first-order valence-corrected chi connectivity index (χ1v) is 8.61. The van der Waals surface area contributed by atoms with Gasteiger partial charge in [0, 0.05) is 11.1 Å². The Morgan fingerprint density at radius 3 is 2.21 bits per heavy atom. The third-order valence-corrected chi connectivity index (χ3v) is 4.38. The summed E-state index contributed by atoms with van der Waals surface area (Å²) in [6, 6.07) is 12.8. The smallest absolute Gasteiger partial charge is 0.387 e. The van der Waals surface area contributed by atoms with Crippen molar-refractivity contribution in [2.45, 2.75) is 19.5 Å². The van der Waals surface area contributed by atoms with Crippen molar-refractivity contribution >= 4 is 11.8 Å². The summed E-state index contributed by atoms with van der Waals surface area (Å²) in [4.78, 5) is 24.1. The Balaban J connectivity index is 1.58. The van der Waals surface area contributed by atoms with Crippen LogP contribution in [-0.4, -0.2) is 25.5 Å². The highest BCUT2D eigenvalue weighted by Crippen LogP contribution is 2.26. The Morgan fingerprint density at radius 2 is 1.61 bits per heavy atom. The quantitative estimate of drug-likeness (QED) is 0.510. The fourth-order valence-corrected chi connectivity index (χ4v) is 2.97. The maximum Gasteiger partial charge on any atom is 0.387 e. The molecule has 0 aliphatic heterocycles. The second-order valence-electron chi connectivity index (χ2n) is 6.29. The molecule has 0 unspecified atom stereocenters. The van der Waals surface area contributed by atoms with E-state index in [0.29, 0.717) is 29.5 Å². The van der Waals surface area contributed by atoms with Crippen LogP contribution < -0.4 is 4.74 Å². The normalized spacial score (nSPS) is 13.1. The van der Waals surface area contributed by atoms with Crippen molar-refractivity contribution < 1.29 is 27.8 Å². The maximum atomic E-state index is 12.6. The van der Waals surface area contributed by atoms with Gasteiger partial charge < -0.3 is 9.47 Å². The molecule has 144 valence electrons. The second kappa shape index (κ2) is 8.61. The van der Waals surface area contributed by atoms with E-state index in [1.807, 2.05) is 18.2 Å². The van der Waals surface area contributed by atoms with Gasteiger partial charge in [0.05, 0.1) is 12.7 Å². The molecule has 0 saturated carbocycles. The van der Waals surface area contributed by atoms with Gasteiger partial charge in [-0.1, -0.05) is 29.9 Å². The lowest BCUT2D eigenvalue weighted by atomic mass is 9.97. The zero-order valence-corrected chi connectivity index (χ0v) is 15.2. The lowest BCUT2D eigenvalue weighted by Crippen LogP contribution is -2.05. The van der Waals surface area contributed by atoms with Crippen molar-refractivity contribution in [1.29, 1.82) is 0 Å². The molecule has 1 aliphatic rings. The van der Waals surface area contributed by atoms with Crippen molar-refractivity contribution in [2.75, 3.05) is 7.11 Å². The molecule has 2 aromatic rings. The first-order valence-electron chi connectivity index (χ1n) is 8.61. The third-order valence-electron chi connectivity index (χ3n) is 4.38. The molecule has 3 rings (SSSR count). The summed E-state index contributed by atoms with van der Waals surface area (Å²) in [7, 11) is 1.34. The summed E-state index contributed by atoms with van der Waals surface area (Å²) < 4.78 is 33.4. The van der Waals surface area contributed by atoms with E-state index < -0.39 is 6.61 Å². The Morgan fingerprint density at radius 1 is 0.964 bits per heavy atom. The number of esters is 1. The van der Waals surface area contributed by atoms with Crippen LogP contribution in [0.4, 0.5) is 8.78 Å². The number of halogens is 2. The molecule has 0 saturated heterocycles. The van der Waals surface area contributed by atoms with E-state index in [1.165, 1.54) is 31.4 Å². The minimum absolute atomic E-state index is 0.0150. The molecule has 0 bridgehead atoms. The van der Waals surface area contributed by atoms with Gasteiger partial charge >= 0.3 is 12.6 Å². The Bertz CT molecular complexity index is 926. The van der Waals surface area contributed by atoms with Gasteiger partial charge in [-0.2, -0.15) is 8.78 Å². The van der Waals surface area contributed by atoms with E-state index in [1.54, 1.807) is 18.2 Å². The summed E-state index contributed by atoms with van der Waals surface area (Å²) >= 11 is 0. The Hall–Kier alpha value is -3.28. The number of benzene rings is 2. The second-order valence-corrected chi connectivity index (χ2v) is 6.29. The molecular weight excluding hydrogens is 366 g/mol. The molecule has 0 heterocycles. The van der Waals surface area contributed by atoms with E-state index in [9.17, 15) is 18.4 Å². The molecule has 4 nitrogen and oxygen atoms in total. The van der Waals surface area contributed by atoms with Crippen LogP contribution in [-0.2, 0) is 11.2 Å². The van der Waals surface area contributed by atoms with Crippen LogP contribution >= 0.6 is 0 Å². The summed E-state index contributed by atoms with van der Waals surface area (Å²) in [6.45, 7) is -2.90. The van der Waals surface area contributed by atoms with Gasteiger partial charge in [0.25, 0.3) is 0 Å². The molecule has 0 aromatic heterocycles. The van der Waals surface area contributed by atoms with Crippen LogP contribution in [0.25, 0.3) is 0 Å². The monoisotopic (exact) mass is 384 g/mol.